The van der Waals surface area contributed by atoms with E-state index in [1.165, 1.54) is 11.1 Å². The van der Waals surface area contributed by atoms with E-state index in [4.69, 9.17) is 0 Å². The van der Waals surface area contributed by atoms with Gasteiger partial charge in [-0.25, -0.2) is 0 Å². The van der Waals surface area contributed by atoms with E-state index in [1.54, 1.807) is 0 Å². The maximum atomic E-state index is 9.29. The number of rotatable bonds is 4. The molecule has 1 N–H and O–H groups in total. The standard InChI is InChI=1S/C13H21NO/c1-10(2)11-5-7-12(8-6-11)13(9-15)14(3)4/h5-8,10,13,15H,9H2,1-4H3/t13-/m1/s1. The number of aliphatic hydroxyl groups is 1. The van der Waals surface area contributed by atoms with Crippen LogP contribution in [0.15, 0.2) is 24.3 Å². The van der Waals surface area contributed by atoms with Gasteiger partial charge in [0, 0.05) is 0 Å². The monoisotopic (exact) mass is 207 g/mol. The highest BCUT2D eigenvalue weighted by Gasteiger charge is 2.12. The molecule has 0 saturated heterocycles. The highest BCUT2D eigenvalue weighted by molar-refractivity contribution is 5.26. The van der Waals surface area contributed by atoms with Crippen LogP contribution in [-0.2, 0) is 0 Å². The Morgan fingerprint density at radius 3 is 1.87 bits per heavy atom. The molecule has 1 aromatic rings. The van der Waals surface area contributed by atoms with Crippen LogP contribution < -0.4 is 0 Å². The molecule has 0 heterocycles. The highest BCUT2D eigenvalue weighted by Crippen LogP contribution is 2.21. The third-order valence-corrected chi connectivity index (χ3v) is 2.78. The summed E-state index contributed by atoms with van der Waals surface area (Å²) >= 11 is 0. The van der Waals surface area contributed by atoms with Gasteiger partial charge >= 0.3 is 0 Å². The van der Waals surface area contributed by atoms with Crippen LogP contribution in [-0.4, -0.2) is 30.7 Å². The lowest BCUT2D eigenvalue weighted by Gasteiger charge is -2.22. The molecule has 1 atom stereocenters. The lowest BCUT2D eigenvalue weighted by Crippen LogP contribution is -2.23. The van der Waals surface area contributed by atoms with Gasteiger partial charge in [0.05, 0.1) is 12.6 Å². The molecule has 0 unspecified atom stereocenters. The first-order valence-electron chi connectivity index (χ1n) is 5.43. The number of likely N-dealkylation sites (N-methyl/N-ethyl adjacent to an activating group) is 1. The van der Waals surface area contributed by atoms with Gasteiger partial charge in [0.25, 0.3) is 0 Å². The Morgan fingerprint density at radius 1 is 1.07 bits per heavy atom. The SMILES string of the molecule is CC(C)c1ccc([C@@H](CO)N(C)C)cc1. The summed E-state index contributed by atoms with van der Waals surface area (Å²) in [7, 11) is 3.97. The molecule has 2 heteroatoms. The predicted molar refractivity (Wildman–Crippen MR) is 64.0 cm³/mol. The van der Waals surface area contributed by atoms with E-state index in [0.29, 0.717) is 5.92 Å². The molecule has 1 rings (SSSR count). The van der Waals surface area contributed by atoms with Gasteiger partial charge in [-0.2, -0.15) is 0 Å². The molecule has 0 aliphatic carbocycles. The molecule has 0 bridgehead atoms. The second-order valence-electron chi connectivity index (χ2n) is 4.48. The lowest BCUT2D eigenvalue weighted by atomic mass is 9.99. The molecule has 0 aliphatic heterocycles. The first-order chi connectivity index (χ1) is 7.06. The molecule has 1 aromatic carbocycles. The molecule has 0 fully saturated rings. The van der Waals surface area contributed by atoms with Crippen molar-refractivity contribution in [3.63, 3.8) is 0 Å². The molecule has 84 valence electrons. The number of aliphatic hydroxyl groups excluding tert-OH is 1. The summed E-state index contributed by atoms with van der Waals surface area (Å²) in [4.78, 5) is 2.03. The van der Waals surface area contributed by atoms with E-state index in [2.05, 4.69) is 38.1 Å². The molecule has 0 radical (unpaired) electrons. The summed E-state index contributed by atoms with van der Waals surface area (Å²) in [6, 6.07) is 8.61. The van der Waals surface area contributed by atoms with E-state index >= 15 is 0 Å². The van der Waals surface area contributed by atoms with Crippen LogP contribution in [0.2, 0.25) is 0 Å². The summed E-state index contributed by atoms with van der Waals surface area (Å²) < 4.78 is 0. The van der Waals surface area contributed by atoms with Crippen molar-refractivity contribution in [1.29, 1.82) is 0 Å². The average Bonchev–Trinajstić information content (AvgIpc) is 2.19. The van der Waals surface area contributed by atoms with Gasteiger partial charge in [-0.1, -0.05) is 38.1 Å². The maximum absolute atomic E-state index is 9.29. The van der Waals surface area contributed by atoms with Crippen LogP contribution in [0.1, 0.15) is 36.9 Å². The zero-order chi connectivity index (χ0) is 11.4. The Bertz CT molecular complexity index is 290. The number of hydrogen-bond donors (Lipinski definition) is 1. The van der Waals surface area contributed by atoms with Gasteiger partial charge in [-0.15, -0.1) is 0 Å². The zero-order valence-electron chi connectivity index (χ0n) is 10.1. The zero-order valence-corrected chi connectivity index (χ0v) is 10.1. The Kier molecular flexibility index (Phi) is 4.30. The number of hydrogen-bond acceptors (Lipinski definition) is 2. The minimum absolute atomic E-state index is 0.103. The summed E-state index contributed by atoms with van der Waals surface area (Å²) in [6.45, 7) is 4.53. The van der Waals surface area contributed by atoms with E-state index in [9.17, 15) is 5.11 Å². The molecular weight excluding hydrogens is 186 g/mol. The molecular formula is C13H21NO. The number of nitrogens with zero attached hydrogens (tertiary/aromatic N) is 1. The van der Waals surface area contributed by atoms with Crippen LogP contribution in [0, 0.1) is 0 Å². The fourth-order valence-electron chi connectivity index (χ4n) is 1.67. The minimum Gasteiger partial charge on any atom is -0.394 e. The van der Waals surface area contributed by atoms with Gasteiger partial charge in [0.1, 0.15) is 0 Å². The van der Waals surface area contributed by atoms with E-state index in [1.807, 2.05) is 19.0 Å². The Morgan fingerprint density at radius 2 is 1.53 bits per heavy atom. The van der Waals surface area contributed by atoms with Crippen molar-refractivity contribution in [2.24, 2.45) is 0 Å². The van der Waals surface area contributed by atoms with Crippen molar-refractivity contribution >= 4 is 0 Å². The van der Waals surface area contributed by atoms with E-state index < -0.39 is 0 Å². The lowest BCUT2D eigenvalue weighted by molar-refractivity contribution is 0.171. The predicted octanol–water partition coefficient (Wildman–Crippen LogP) is 2.41. The third-order valence-electron chi connectivity index (χ3n) is 2.78. The fraction of sp³-hybridized carbons (Fsp3) is 0.538. The Hall–Kier alpha value is -0.860. The third kappa shape index (κ3) is 3.05. The van der Waals surface area contributed by atoms with Gasteiger partial charge < -0.3 is 10.0 Å². The van der Waals surface area contributed by atoms with Crippen molar-refractivity contribution < 1.29 is 5.11 Å². The summed E-state index contributed by atoms with van der Waals surface area (Å²) in [5.41, 5.74) is 2.51. The van der Waals surface area contributed by atoms with Gasteiger partial charge in [0.15, 0.2) is 0 Å². The van der Waals surface area contributed by atoms with Gasteiger partial charge in [-0.05, 0) is 31.1 Å². The van der Waals surface area contributed by atoms with Crippen LogP contribution in [0.5, 0.6) is 0 Å². The van der Waals surface area contributed by atoms with Gasteiger partial charge in [0.2, 0.25) is 0 Å². The molecule has 0 amide bonds. The van der Waals surface area contributed by atoms with Crippen LogP contribution >= 0.6 is 0 Å². The maximum Gasteiger partial charge on any atom is 0.0628 e. The summed E-state index contributed by atoms with van der Waals surface area (Å²) in [6.07, 6.45) is 0. The normalized spacial score (nSPS) is 13.5. The topological polar surface area (TPSA) is 23.5 Å². The quantitative estimate of drug-likeness (QED) is 0.819. The number of benzene rings is 1. The Balaban J connectivity index is 2.87. The fourth-order valence-corrected chi connectivity index (χ4v) is 1.67. The molecule has 2 nitrogen and oxygen atoms in total. The molecule has 15 heavy (non-hydrogen) atoms. The summed E-state index contributed by atoms with van der Waals surface area (Å²) in [5.74, 6) is 0.561. The molecule has 0 aromatic heterocycles. The first-order valence-corrected chi connectivity index (χ1v) is 5.43. The first kappa shape index (κ1) is 12.2. The molecule has 0 spiro atoms. The summed E-state index contributed by atoms with van der Waals surface area (Å²) in [5, 5.41) is 9.29. The van der Waals surface area contributed by atoms with Crippen molar-refractivity contribution in [2.75, 3.05) is 20.7 Å². The average molecular weight is 207 g/mol. The largest absolute Gasteiger partial charge is 0.394 e. The van der Waals surface area contributed by atoms with Crippen molar-refractivity contribution in [2.45, 2.75) is 25.8 Å². The van der Waals surface area contributed by atoms with Crippen LogP contribution in [0.3, 0.4) is 0 Å². The smallest absolute Gasteiger partial charge is 0.0628 e. The van der Waals surface area contributed by atoms with Gasteiger partial charge in [-0.3, -0.25) is 0 Å². The van der Waals surface area contributed by atoms with Crippen molar-refractivity contribution in [3.8, 4) is 0 Å². The van der Waals surface area contributed by atoms with E-state index in [-0.39, 0.29) is 12.6 Å². The van der Waals surface area contributed by atoms with E-state index in [0.717, 1.165) is 0 Å². The van der Waals surface area contributed by atoms with Crippen molar-refractivity contribution in [3.05, 3.63) is 35.4 Å². The molecule has 0 aliphatic rings. The second kappa shape index (κ2) is 5.29. The van der Waals surface area contributed by atoms with Crippen LogP contribution in [0.4, 0.5) is 0 Å². The highest BCUT2D eigenvalue weighted by atomic mass is 16.3. The van der Waals surface area contributed by atoms with Crippen LogP contribution in [0.25, 0.3) is 0 Å². The Labute approximate surface area is 92.5 Å². The van der Waals surface area contributed by atoms with Crippen molar-refractivity contribution in [1.82, 2.24) is 4.90 Å². The minimum atomic E-state index is 0.103. The second-order valence-corrected chi connectivity index (χ2v) is 4.48. The molecule has 0 saturated carbocycles.